The lowest BCUT2D eigenvalue weighted by Crippen LogP contribution is -2.40. The predicted octanol–water partition coefficient (Wildman–Crippen LogP) is 3.63. The second kappa shape index (κ2) is 8.99. The van der Waals surface area contributed by atoms with Gasteiger partial charge in [-0.05, 0) is 44.4 Å². The van der Waals surface area contributed by atoms with E-state index in [1.54, 1.807) is 0 Å². The lowest BCUT2D eigenvalue weighted by Gasteiger charge is -2.35. The second-order valence-electron chi connectivity index (χ2n) is 6.13. The van der Waals surface area contributed by atoms with Crippen molar-refractivity contribution in [3.05, 3.63) is 38.9 Å². The maximum Gasteiger partial charge on any atom is 0.288 e. The Bertz CT molecular complexity index is 594. The number of hydrogen-bond acceptors (Lipinski definition) is 4. The topological polar surface area (TPSA) is 75.5 Å². The maximum atomic E-state index is 12.1. The average Bonchev–Trinajstić information content (AvgIpc) is 2.59. The van der Waals surface area contributed by atoms with Crippen molar-refractivity contribution in [1.82, 2.24) is 10.2 Å². The van der Waals surface area contributed by atoms with Crippen LogP contribution in [0.3, 0.4) is 0 Å². The van der Waals surface area contributed by atoms with Gasteiger partial charge in [0, 0.05) is 30.8 Å². The van der Waals surface area contributed by atoms with Crippen molar-refractivity contribution in [2.45, 2.75) is 45.1 Å². The smallest absolute Gasteiger partial charge is 0.288 e. The van der Waals surface area contributed by atoms with Crippen LogP contribution in [0.2, 0.25) is 5.02 Å². The lowest BCUT2D eigenvalue weighted by atomic mass is 10.00. The third kappa shape index (κ3) is 4.92. The first kappa shape index (κ1) is 18.7. The number of nitrogens with one attached hydrogen (secondary N) is 1. The molecule has 0 bridgehead atoms. The molecule has 1 saturated heterocycles. The summed E-state index contributed by atoms with van der Waals surface area (Å²) in [4.78, 5) is 24.9. The molecule has 7 heteroatoms. The van der Waals surface area contributed by atoms with Gasteiger partial charge in [0.25, 0.3) is 11.6 Å². The van der Waals surface area contributed by atoms with E-state index in [1.807, 2.05) is 0 Å². The summed E-state index contributed by atoms with van der Waals surface area (Å²) < 4.78 is 0. The van der Waals surface area contributed by atoms with Crippen LogP contribution in [0.4, 0.5) is 5.69 Å². The van der Waals surface area contributed by atoms with E-state index in [2.05, 4.69) is 17.1 Å². The second-order valence-corrected chi connectivity index (χ2v) is 6.53. The van der Waals surface area contributed by atoms with E-state index >= 15 is 0 Å². The van der Waals surface area contributed by atoms with Crippen LogP contribution in [0.15, 0.2) is 18.2 Å². The Balaban J connectivity index is 1.81. The van der Waals surface area contributed by atoms with Gasteiger partial charge < -0.3 is 10.2 Å². The van der Waals surface area contributed by atoms with Gasteiger partial charge in [-0.25, -0.2) is 0 Å². The van der Waals surface area contributed by atoms with E-state index in [0.717, 1.165) is 19.5 Å². The molecule has 1 aromatic carbocycles. The lowest BCUT2D eigenvalue weighted by molar-refractivity contribution is -0.384. The molecule has 132 valence electrons. The summed E-state index contributed by atoms with van der Waals surface area (Å²) in [6, 6.07) is 4.76. The number of halogens is 1. The van der Waals surface area contributed by atoms with Gasteiger partial charge in [0.05, 0.1) is 4.92 Å². The fraction of sp³-hybridized carbons (Fsp3) is 0.588. The standard InChI is InChI=1S/C17H24ClN3O3/c1-2-14-6-3-4-10-20(14)11-5-9-19-17(22)13-7-8-15(18)16(12-13)21(23)24/h7-8,12,14H,2-6,9-11H2,1H3,(H,19,22)/t14-/m1/s1. The van der Waals surface area contributed by atoms with Gasteiger partial charge in [-0.3, -0.25) is 14.9 Å². The van der Waals surface area contributed by atoms with Gasteiger partial charge in [0.2, 0.25) is 0 Å². The fourth-order valence-electron chi connectivity index (χ4n) is 3.20. The number of amides is 1. The van der Waals surface area contributed by atoms with Gasteiger partial charge in [-0.2, -0.15) is 0 Å². The molecule has 1 fully saturated rings. The Morgan fingerprint density at radius 2 is 2.25 bits per heavy atom. The van der Waals surface area contributed by atoms with Crippen molar-refractivity contribution in [1.29, 1.82) is 0 Å². The van der Waals surface area contributed by atoms with Crippen molar-refractivity contribution in [2.24, 2.45) is 0 Å². The van der Waals surface area contributed by atoms with Gasteiger partial charge in [0.15, 0.2) is 0 Å². The quantitative estimate of drug-likeness (QED) is 0.461. The molecule has 0 aromatic heterocycles. The number of nitro benzene ring substituents is 1. The van der Waals surface area contributed by atoms with Gasteiger partial charge in [-0.1, -0.05) is 24.9 Å². The minimum atomic E-state index is -0.583. The zero-order chi connectivity index (χ0) is 17.5. The summed E-state index contributed by atoms with van der Waals surface area (Å²) in [5, 5.41) is 13.7. The molecule has 1 amide bonds. The SMILES string of the molecule is CC[C@@H]1CCCCN1CCCNC(=O)c1ccc(Cl)c([N+](=O)[O-])c1. The number of carbonyl (C=O) groups excluding carboxylic acids is 1. The van der Waals surface area contributed by atoms with Crippen LogP contribution in [-0.2, 0) is 0 Å². The molecule has 2 rings (SSSR count). The van der Waals surface area contributed by atoms with E-state index in [4.69, 9.17) is 11.6 Å². The van der Waals surface area contributed by atoms with Crippen LogP contribution >= 0.6 is 11.6 Å². The molecule has 24 heavy (non-hydrogen) atoms. The number of nitro groups is 1. The molecular weight excluding hydrogens is 330 g/mol. The first-order chi connectivity index (χ1) is 11.5. The molecule has 6 nitrogen and oxygen atoms in total. The molecule has 1 aliphatic rings. The Hall–Kier alpha value is -1.66. The molecule has 1 N–H and O–H groups in total. The van der Waals surface area contributed by atoms with Crippen molar-refractivity contribution >= 4 is 23.2 Å². The minimum absolute atomic E-state index is 0.0345. The van der Waals surface area contributed by atoms with E-state index in [1.165, 1.54) is 43.9 Å². The summed E-state index contributed by atoms with van der Waals surface area (Å²) >= 11 is 5.76. The fourth-order valence-corrected chi connectivity index (χ4v) is 3.38. The molecule has 1 aliphatic heterocycles. The Morgan fingerprint density at radius 1 is 1.46 bits per heavy atom. The summed E-state index contributed by atoms with van der Waals surface area (Å²) in [6.07, 6.45) is 5.86. The highest BCUT2D eigenvalue weighted by molar-refractivity contribution is 6.32. The van der Waals surface area contributed by atoms with Crippen LogP contribution < -0.4 is 5.32 Å². The van der Waals surface area contributed by atoms with E-state index in [9.17, 15) is 14.9 Å². The van der Waals surface area contributed by atoms with Gasteiger partial charge in [0.1, 0.15) is 5.02 Å². The molecular formula is C17H24ClN3O3. The number of benzene rings is 1. The van der Waals surface area contributed by atoms with E-state index < -0.39 is 4.92 Å². The average molecular weight is 354 g/mol. The molecule has 1 aromatic rings. The van der Waals surface area contributed by atoms with Gasteiger partial charge >= 0.3 is 0 Å². The van der Waals surface area contributed by atoms with Gasteiger partial charge in [-0.15, -0.1) is 0 Å². The molecule has 0 radical (unpaired) electrons. The molecule has 0 unspecified atom stereocenters. The number of nitrogens with zero attached hydrogens (tertiary/aromatic N) is 2. The molecule has 0 saturated carbocycles. The van der Waals surface area contributed by atoms with Crippen molar-refractivity contribution < 1.29 is 9.72 Å². The van der Waals surface area contributed by atoms with Crippen LogP contribution in [0, 0.1) is 10.1 Å². The summed E-state index contributed by atoms with van der Waals surface area (Å²) in [6.45, 7) is 4.88. The van der Waals surface area contributed by atoms with Crippen LogP contribution in [0.25, 0.3) is 0 Å². The van der Waals surface area contributed by atoms with Crippen molar-refractivity contribution in [2.75, 3.05) is 19.6 Å². The van der Waals surface area contributed by atoms with Crippen LogP contribution in [0.5, 0.6) is 0 Å². The summed E-state index contributed by atoms with van der Waals surface area (Å²) in [5.41, 5.74) is 0.0129. The van der Waals surface area contributed by atoms with E-state index in [-0.39, 0.29) is 22.2 Å². The Labute approximate surface area is 147 Å². The minimum Gasteiger partial charge on any atom is -0.352 e. The Morgan fingerprint density at radius 3 is 2.96 bits per heavy atom. The first-order valence-corrected chi connectivity index (χ1v) is 8.87. The summed E-state index contributed by atoms with van der Waals surface area (Å²) in [5.74, 6) is -0.305. The number of piperidine rings is 1. The third-order valence-electron chi connectivity index (χ3n) is 4.53. The predicted molar refractivity (Wildman–Crippen MR) is 94.6 cm³/mol. The van der Waals surface area contributed by atoms with Crippen LogP contribution in [-0.4, -0.2) is 41.4 Å². The zero-order valence-electron chi connectivity index (χ0n) is 14.0. The maximum absolute atomic E-state index is 12.1. The van der Waals surface area contributed by atoms with Crippen LogP contribution in [0.1, 0.15) is 49.4 Å². The highest BCUT2D eigenvalue weighted by Crippen LogP contribution is 2.25. The van der Waals surface area contributed by atoms with Crippen molar-refractivity contribution in [3.8, 4) is 0 Å². The van der Waals surface area contributed by atoms with Crippen molar-refractivity contribution in [3.63, 3.8) is 0 Å². The molecule has 0 spiro atoms. The van der Waals surface area contributed by atoms with E-state index in [0.29, 0.717) is 12.6 Å². The number of rotatable bonds is 7. The molecule has 1 atom stereocenters. The molecule has 0 aliphatic carbocycles. The zero-order valence-corrected chi connectivity index (χ0v) is 14.7. The number of carbonyl (C=O) groups is 1. The third-order valence-corrected chi connectivity index (χ3v) is 4.85. The largest absolute Gasteiger partial charge is 0.352 e. The molecule has 1 heterocycles. The highest BCUT2D eigenvalue weighted by Gasteiger charge is 2.20. The first-order valence-electron chi connectivity index (χ1n) is 8.49. The normalized spacial score (nSPS) is 18.3. The summed E-state index contributed by atoms with van der Waals surface area (Å²) in [7, 11) is 0. The highest BCUT2D eigenvalue weighted by atomic mass is 35.5. The monoisotopic (exact) mass is 353 g/mol. The number of likely N-dealkylation sites (tertiary alicyclic amines) is 1. The Kier molecular flexibility index (Phi) is 6.99. The number of hydrogen-bond donors (Lipinski definition) is 1.